The Balaban J connectivity index is 3.54. The lowest BCUT2D eigenvalue weighted by Crippen LogP contribution is -2.36. The van der Waals surface area contributed by atoms with E-state index in [0.29, 0.717) is 12.0 Å². The minimum atomic E-state index is -0.0630. The second-order valence-electron chi connectivity index (χ2n) is 4.44. The third kappa shape index (κ3) is 6.32. The molecular formula is C9H22N2. The van der Waals surface area contributed by atoms with Gasteiger partial charge < -0.3 is 11.5 Å². The van der Waals surface area contributed by atoms with Crippen molar-refractivity contribution in [2.75, 3.05) is 0 Å². The van der Waals surface area contributed by atoms with E-state index in [1.807, 2.05) is 13.8 Å². The quantitative estimate of drug-likeness (QED) is 0.651. The molecule has 4 N–H and O–H groups in total. The molecule has 2 heteroatoms. The smallest absolute Gasteiger partial charge is 0.00976 e. The van der Waals surface area contributed by atoms with Crippen molar-refractivity contribution in [1.82, 2.24) is 0 Å². The average molecular weight is 158 g/mol. The molecule has 0 saturated carbocycles. The Kier molecular flexibility index (Phi) is 4.04. The van der Waals surface area contributed by atoms with Gasteiger partial charge >= 0.3 is 0 Å². The number of rotatable bonds is 4. The molecule has 0 rings (SSSR count). The van der Waals surface area contributed by atoms with E-state index in [0.717, 1.165) is 12.8 Å². The van der Waals surface area contributed by atoms with Crippen molar-refractivity contribution in [2.24, 2.45) is 17.4 Å². The van der Waals surface area contributed by atoms with Gasteiger partial charge in [0.05, 0.1) is 0 Å². The summed E-state index contributed by atoms with van der Waals surface area (Å²) < 4.78 is 0. The van der Waals surface area contributed by atoms with Crippen molar-refractivity contribution in [2.45, 2.75) is 52.1 Å². The van der Waals surface area contributed by atoms with Crippen molar-refractivity contribution < 1.29 is 0 Å². The molecule has 1 atom stereocenters. The summed E-state index contributed by atoms with van der Waals surface area (Å²) in [6.07, 6.45) is 2.04. The molecule has 0 aliphatic heterocycles. The lowest BCUT2D eigenvalue weighted by molar-refractivity contribution is 0.384. The Bertz CT molecular complexity index is 103. The highest BCUT2D eigenvalue weighted by Gasteiger charge is 2.14. The molecule has 0 amide bonds. The maximum atomic E-state index is 5.87. The van der Waals surface area contributed by atoms with Crippen LogP contribution in [-0.2, 0) is 0 Å². The van der Waals surface area contributed by atoms with Gasteiger partial charge in [0.2, 0.25) is 0 Å². The standard InChI is InChI=1S/C9H22N2/c1-7(2)8(10)5-6-9(3,4)11/h7-8H,5-6,10-11H2,1-4H3. The molecule has 0 fully saturated rings. The van der Waals surface area contributed by atoms with E-state index in [1.165, 1.54) is 0 Å². The van der Waals surface area contributed by atoms with E-state index in [4.69, 9.17) is 11.5 Å². The second kappa shape index (κ2) is 4.07. The van der Waals surface area contributed by atoms with Gasteiger partial charge in [0.15, 0.2) is 0 Å². The van der Waals surface area contributed by atoms with Crippen molar-refractivity contribution in [1.29, 1.82) is 0 Å². The zero-order valence-electron chi connectivity index (χ0n) is 8.22. The van der Waals surface area contributed by atoms with Crippen LogP contribution in [0.3, 0.4) is 0 Å². The molecule has 0 heterocycles. The minimum absolute atomic E-state index is 0.0630. The summed E-state index contributed by atoms with van der Waals surface area (Å²) in [7, 11) is 0. The molecule has 0 aliphatic rings. The second-order valence-corrected chi connectivity index (χ2v) is 4.44. The lowest BCUT2D eigenvalue weighted by Gasteiger charge is -2.22. The third-order valence-electron chi connectivity index (χ3n) is 1.98. The average Bonchev–Trinajstić information content (AvgIpc) is 1.80. The Morgan fingerprint density at radius 3 is 2.00 bits per heavy atom. The lowest BCUT2D eigenvalue weighted by atomic mass is 9.92. The van der Waals surface area contributed by atoms with Crippen LogP contribution in [-0.4, -0.2) is 11.6 Å². The molecule has 0 aromatic rings. The van der Waals surface area contributed by atoms with Crippen molar-refractivity contribution in [3.05, 3.63) is 0 Å². The molecule has 0 aromatic heterocycles. The molecule has 68 valence electrons. The van der Waals surface area contributed by atoms with Crippen molar-refractivity contribution in [3.8, 4) is 0 Å². The first kappa shape index (κ1) is 10.9. The fraction of sp³-hybridized carbons (Fsp3) is 1.00. The largest absolute Gasteiger partial charge is 0.327 e. The van der Waals surface area contributed by atoms with Gasteiger partial charge in [-0.1, -0.05) is 13.8 Å². The third-order valence-corrected chi connectivity index (χ3v) is 1.98. The fourth-order valence-corrected chi connectivity index (χ4v) is 0.872. The maximum Gasteiger partial charge on any atom is 0.00976 e. The summed E-state index contributed by atoms with van der Waals surface area (Å²) in [5.74, 6) is 0.567. The van der Waals surface area contributed by atoms with E-state index in [2.05, 4.69) is 13.8 Å². The van der Waals surface area contributed by atoms with E-state index in [-0.39, 0.29) is 5.54 Å². The van der Waals surface area contributed by atoms with Crippen LogP contribution in [0.25, 0.3) is 0 Å². The summed E-state index contributed by atoms with van der Waals surface area (Å²) >= 11 is 0. The molecule has 0 radical (unpaired) electrons. The molecule has 11 heavy (non-hydrogen) atoms. The van der Waals surface area contributed by atoms with Crippen LogP contribution in [0, 0.1) is 5.92 Å². The van der Waals surface area contributed by atoms with Crippen molar-refractivity contribution >= 4 is 0 Å². The van der Waals surface area contributed by atoms with E-state index >= 15 is 0 Å². The Hall–Kier alpha value is -0.0800. The van der Waals surface area contributed by atoms with Crippen LogP contribution in [0.2, 0.25) is 0 Å². The SMILES string of the molecule is CC(C)C(N)CCC(C)(C)N. The highest BCUT2D eigenvalue weighted by Crippen LogP contribution is 2.12. The van der Waals surface area contributed by atoms with Crippen LogP contribution in [0.4, 0.5) is 0 Å². The molecule has 0 aliphatic carbocycles. The van der Waals surface area contributed by atoms with Gasteiger partial charge in [-0.25, -0.2) is 0 Å². The Morgan fingerprint density at radius 1 is 1.27 bits per heavy atom. The van der Waals surface area contributed by atoms with Crippen LogP contribution in [0.15, 0.2) is 0 Å². The van der Waals surface area contributed by atoms with Gasteiger partial charge in [-0.2, -0.15) is 0 Å². The summed E-state index contributed by atoms with van der Waals surface area (Å²) in [5, 5.41) is 0. The van der Waals surface area contributed by atoms with Gasteiger partial charge in [-0.3, -0.25) is 0 Å². The van der Waals surface area contributed by atoms with Crippen LogP contribution in [0.1, 0.15) is 40.5 Å². The van der Waals surface area contributed by atoms with Gasteiger partial charge in [0, 0.05) is 11.6 Å². The van der Waals surface area contributed by atoms with Gasteiger partial charge in [-0.05, 0) is 32.6 Å². The number of hydrogen-bond donors (Lipinski definition) is 2. The Labute approximate surface area is 70.3 Å². The van der Waals surface area contributed by atoms with E-state index < -0.39 is 0 Å². The van der Waals surface area contributed by atoms with E-state index in [1.54, 1.807) is 0 Å². The molecule has 1 unspecified atom stereocenters. The first-order valence-corrected chi connectivity index (χ1v) is 4.37. The highest BCUT2D eigenvalue weighted by molar-refractivity contribution is 4.75. The number of nitrogens with two attached hydrogens (primary N) is 2. The highest BCUT2D eigenvalue weighted by atomic mass is 14.7. The molecule has 0 bridgehead atoms. The first-order valence-electron chi connectivity index (χ1n) is 4.37. The number of hydrogen-bond acceptors (Lipinski definition) is 2. The normalized spacial score (nSPS) is 15.5. The van der Waals surface area contributed by atoms with Crippen LogP contribution >= 0.6 is 0 Å². The minimum Gasteiger partial charge on any atom is -0.327 e. The predicted molar refractivity (Wildman–Crippen MR) is 50.3 cm³/mol. The summed E-state index contributed by atoms with van der Waals surface area (Å²) in [4.78, 5) is 0. The predicted octanol–water partition coefficient (Wildman–Crippen LogP) is 1.49. The maximum absolute atomic E-state index is 5.87. The summed E-state index contributed by atoms with van der Waals surface area (Å²) in [5.41, 5.74) is 11.6. The zero-order chi connectivity index (χ0) is 9.07. The fourth-order valence-electron chi connectivity index (χ4n) is 0.872. The molecule has 0 aromatic carbocycles. The molecule has 2 nitrogen and oxygen atoms in total. The van der Waals surface area contributed by atoms with Crippen LogP contribution < -0.4 is 11.5 Å². The molecular weight excluding hydrogens is 136 g/mol. The van der Waals surface area contributed by atoms with Gasteiger partial charge in [-0.15, -0.1) is 0 Å². The topological polar surface area (TPSA) is 52.0 Å². The summed E-state index contributed by atoms with van der Waals surface area (Å²) in [6, 6.07) is 0.304. The van der Waals surface area contributed by atoms with E-state index in [9.17, 15) is 0 Å². The van der Waals surface area contributed by atoms with Crippen molar-refractivity contribution in [3.63, 3.8) is 0 Å². The Morgan fingerprint density at radius 2 is 1.73 bits per heavy atom. The van der Waals surface area contributed by atoms with Gasteiger partial charge in [0.25, 0.3) is 0 Å². The monoisotopic (exact) mass is 158 g/mol. The zero-order valence-corrected chi connectivity index (χ0v) is 8.22. The molecule has 0 saturated heterocycles. The van der Waals surface area contributed by atoms with Crippen LogP contribution in [0.5, 0.6) is 0 Å². The van der Waals surface area contributed by atoms with Gasteiger partial charge in [0.1, 0.15) is 0 Å². The first-order chi connectivity index (χ1) is 4.83. The summed E-state index contributed by atoms with van der Waals surface area (Å²) in [6.45, 7) is 8.38. The molecule has 0 spiro atoms.